The number of fused-ring (bicyclic) bond motifs is 1. The molecule has 196 valence electrons. The highest BCUT2D eigenvalue weighted by molar-refractivity contribution is 5.95. The molecule has 0 unspecified atom stereocenters. The number of likely N-dealkylation sites (N-methyl/N-ethyl adjacent to an activating group) is 1. The molecule has 11 heteroatoms. The van der Waals surface area contributed by atoms with E-state index in [2.05, 4.69) is 4.98 Å². The number of nitrogens with zero attached hydrogens (tertiary/aromatic N) is 5. The number of piperidine rings is 1. The average molecular weight is 502 g/mol. The Balaban J connectivity index is 1.55. The Labute approximate surface area is 210 Å². The fourth-order valence-electron chi connectivity index (χ4n) is 5.04. The Hall–Kier alpha value is -3.18. The summed E-state index contributed by atoms with van der Waals surface area (Å²) in [4.78, 5) is 48.0. The quantitative estimate of drug-likeness (QED) is 0.548. The lowest BCUT2D eigenvalue weighted by Crippen LogP contribution is -2.56. The molecule has 36 heavy (non-hydrogen) atoms. The Kier molecular flexibility index (Phi) is 8.42. The maximum atomic E-state index is 13.7. The number of hydrogen-bond acceptors (Lipinski definition) is 6. The fourth-order valence-corrected chi connectivity index (χ4v) is 5.04. The SMILES string of the molecule is COCCCCn1c(C(=O)N(C)[C@H]2C[C@@H](C(=O)N3CCOCC3)CN(C(=O)O)C2)nc2ccccc21. The van der Waals surface area contributed by atoms with Crippen LogP contribution in [0.4, 0.5) is 4.79 Å². The standard InChI is InChI=1S/C25H35N5O6/c1-27(19-15-18(16-29(17-19)25(33)34)23(31)28-10-13-36-14-11-28)24(32)22-26-20-7-3-4-8-21(20)30(22)9-5-6-12-35-2/h3-4,7-8,18-19H,5-6,9-17H2,1-2H3,(H,33,34)/t18-,19+/m1/s1. The molecule has 3 amide bonds. The highest BCUT2D eigenvalue weighted by Crippen LogP contribution is 2.25. The van der Waals surface area contributed by atoms with Crippen molar-refractivity contribution in [2.24, 2.45) is 5.92 Å². The summed E-state index contributed by atoms with van der Waals surface area (Å²) in [6.45, 7) is 3.47. The van der Waals surface area contributed by atoms with Crippen molar-refractivity contribution in [3.8, 4) is 0 Å². The number of carbonyl (C=O) groups is 3. The predicted molar refractivity (Wildman–Crippen MR) is 132 cm³/mol. The smallest absolute Gasteiger partial charge is 0.407 e. The van der Waals surface area contributed by atoms with Crippen molar-refractivity contribution in [3.63, 3.8) is 0 Å². The van der Waals surface area contributed by atoms with Crippen LogP contribution < -0.4 is 0 Å². The normalized spacial score (nSPS) is 20.5. The highest BCUT2D eigenvalue weighted by Gasteiger charge is 2.39. The molecule has 2 fully saturated rings. The van der Waals surface area contributed by atoms with Crippen LogP contribution >= 0.6 is 0 Å². The van der Waals surface area contributed by atoms with Crippen LogP contribution in [0.25, 0.3) is 11.0 Å². The van der Waals surface area contributed by atoms with Crippen molar-refractivity contribution >= 4 is 28.9 Å². The molecule has 2 saturated heterocycles. The minimum atomic E-state index is -1.09. The Morgan fingerprint density at radius 1 is 1.14 bits per heavy atom. The van der Waals surface area contributed by atoms with Crippen LogP contribution in [0.1, 0.15) is 29.9 Å². The van der Waals surface area contributed by atoms with Crippen molar-refractivity contribution in [1.82, 2.24) is 24.3 Å². The first-order chi connectivity index (χ1) is 17.4. The molecule has 2 atom stereocenters. The summed E-state index contributed by atoms with van der Waals surface area (Å²) in [7, 11) is 3.33. The number of imidazole rings is 1. The van der Waals surface area contributed by atoms with Gasteiger partial charge in [-0.1, -0.05) is 12.1 Å². The van der Waals surface area contributed by atoms with Gasteiger partial charge in [0.25, 0.3) is 5.91 Å². The topological polar surface area (TPSA) is 117 Å². The lowest BCUT2D eigenvalue weighted by atomic mass is 9.92. The number of carbonyl (C=O) groups excluding carboxylic acids is 2. The van der Waals surface area contributed by atoms with E-state index in [1.807, 2.05) is 28.8 Å². The van der Waals surface area contributed by atoms with E-state index >= 15 is 0 Å². The molecule has 2 aromatic rings. The van der Waals surface area contributed by atoms with E-state index in [-0.39, 0.29) is 24.9 Å². The largest absolute Gasteiger partial charge is 0.465 e. The molecular formula is C25H35N5O6. The highest BCUT2D eigenvalue weighted by atomic mass is 16.5. The van der Waals surface area contributed by atoms with Gasteiger partial charge >= 0.3 is 6.09 Å². The van der Waals surface area contributed by atoms with Gasteiger partial charge in [0.1, 0.15) is 0 Å². The minimum absolute atomic E-state index is 0.0829. The first-order valence-corrected chi connectivity index (χ1v) is 12.5. The molecule has 4 rings (SSSR count). The number of morpholine rings is 1. The van der Waals surface area contributed by atoms with E-state index in [9.17, 15) is 19.5 Å². The van der Waals surface area contributed by atoms with Crippen LogP contribution in [0.15, 0.2) is 24.3 Å². The molecular weight excluding hydrogens is 466 g/mol. The van der Waals surface area contributed by atoms with Gasteiger partial charge < -0.3 is 33.8 Å². The Morgan fingerprint density at radius 3 is 2.61 bits per heavy atom. The summed E-state index contributed by atoms with van der Waals surface area (Å²) in [6.07, 6.45) is 0.986. The molecule has 11 nitrogen and oxygen atoms in total. The zero-order chi connectivity index (χ0) is 25.7. The van der Waals surface area contributed by atoms with E-state index in [0.717, 1.165) is 23.9 Å². The summed E-state index contributed by atoms with van der Waals surface area (Å²) >= 11 is 0. The third-order valence-corrected chi connectivity index (χ3v) is 7.07. The molecule has 1 N–H and O–H groups in total. The predicted octanol–water partition coefficient (Wildman–Crippen LogP) is 1.76. The van der Waals surface area contributed by atoms with Crippen molar-refractivity contribution in [1.29, 1.82) is 0 Å². The number of rotatable bonds is 8. The summed E-state index contributed by atoms with van der Waals surface area (Å²) < 4.78 is 12.4. The number of hydrogen-bond donors (Lipinski definition) is 1. The summed E-state index contributed by atoms with van der Waals surface area (Å²) in [5.41, 5.74) is 1.61. The van der Waals surface area contributed by atoms with E-state index in [1.54, 1.807) is 24.0 Å². The van der Waals surface area contributed by atoms with Gasteiger partial charge in [0.2, 0.25) is 5.91 Å². The summed E-state index contributed by atoms with van der Waals surface area (Å²) in [5.74, 6) is -0.561. The minimum Gasteiger partial charge on any atom is -0.465 e. The van der Waals surface area contributed by atoms with Crippen molar-refractivity contribution < 1.29 is 29.0 Å². The lowest BCUT2D eigenvalue weighted by Gasteiger charge is -2.41. The van der Waals surface area contributed by atoms with Gasteiger partial charge in [-0.2, -0.15) is 0 Å². The van der Waals surface area contributed by atoms with E-state index in [4.69, 9.17) is 9.47 Å². The van der Waals surface area contributed by atoms with Crippen LogP contribution in [-0.2, 0) is 20.8 Å². The second-order valence-electron chi connectivity index (χ2n) is 9.40. The monoisotopic (exact) mass is 501 g/mol. The fraction of sp³-hybridized carbons (Fsp3) is 0.600. The van der Waals surface area contributed by atoms with Gasteiger partial charge in [-0.3, -0.25) is 9.59 Å². The third-order valence-electron chi connectivity index (χ3n) is 7.07. The molecule has 2 aliphatic heterocycles. The number of aryl methyl sites for hydroxylation is 1. The van der Waals surface area contributed by atoms with Crippen molar-refractivity contribution in [3.05, 3.63) is 30.1 Å². The van der Waals surface area contributed by atoms with E-state index in [1.165, 1.54) is 4.90 Å². The average Bonchev–Trinajstić information content (AvgIpc) is 3.28. The molecule has 0 radical (unpaired) electrons. The number of carboxylic acid groups (broad SMARTS) is 1. The van der Waals surface area contributed by atoms with E-state index in [0.29, 0.717) is 51.7 Å². The molecule has 0 saturated carbocycles. The van der Waals surface area contributed by atoms with Crippen LogP contribution in [0, 0.1) is 5.92 Å². The molecule has 1 aromatic carbocycles. The molecule has 0 aliphatic carbocycles. The van der Waals surface area contributed by atoms with Gasteiger partial charge in [0.15, 0.2) is 5.82 Å². The van der Waals surface area contributed by atoms with E-state index < -0.39 is 18.1 Å². The van der Waals surface area contributed by atoms with Gasteiger partial charge in [-0.25, -0.2) is 9.78 Å². The molecule has 1 aromatic heterocycles. The zero-order valence-corrected chi connectivity index (χ0v) is 21.0. The number of aromatic nitrogens is 2. The number of unbranched alkanes of at least 4 members (excludes halogenated alkanes) is 1. The maximum absolute atomic E-state index is 13.7. The number of methoxy groups -OCH3 is 1. The number of likely N-dealkylation sites (tertiary alicyclic amines) is 1. The van der Waals surface area contributed by atoms with Gasteiger partial charge in [0, 0.05) is 53.5 Å². The second-order valence-corrected chi connectivity index (χ2v) is 9.40. The zero-order valence-electron chi connectivity index (χ0n) is 21.0. The molecule has 3 heterocycles. The number of benzene rings is 1. The van der Waals surface area contributed by atoms with Gasteiger partial charge in [-0.15, -0.1) is 0 Å². The number of para-hydroxylation sites is 2. The third kappa shape index (κ3) is 5.62. The number of ether oxygens (including phenoxy) is 2. The second kappa shape index (κ2) is 11.7. The van der Waals surface area contributed by atoms with Crippen molar-refractivity contribution in [2.45, 2.75) is 31.8 Å². The van der Waals surface area contributed by atoms with Gasteiger partial charge in [0.05, 0.1) is 36.2 Å². The molecule has 0 spiro atoms. The Morgan fingerprint density at radius 2 is 1.89 bits per heavy atom. The Bertz CT molecular complexity index is 1080. The number of amides is 3. The molecule has 0 bridgehead atoms. The van der Waals surface area contributed by atoms with Crippen molar-refractivity contribution in [2.75, 3.05) is 60.2 Å². The summed E-state index contributed by atoms with van der Waals surface area (Å²) in [5, 5.41) is 9.73. The van der Waals surface area contributed by atoms with Crippen LogP contribution in [-0.4, -0.2) is 113 Å². The van der Waals surface area contributed by atoms with Crippen LogP contribution in [0.2, 0.25) is 0 Å². The van der Waals surface area contributed by atoms with Crippen LogP contribution in [0.3, 0.4) is 0 Å². The van der Waals surface area contributed by atoms with Crippen LogP contribution in [0.5, 0.6) is 0 Å². The first-order valence-electron chi connectivity index (χ1n) is 12.5. The summed E-state index contributed by atoms with van der Waals surface area (Å²) in [6, 6.07) is 7.18. The maximum Gasteiger partial charge on any atom is 0.407 e. The van der Waals surface area contributed by atoms with Gasteiger partial charge in [-0.05, 0) is 31.4 Å². The first kappa shape index (κ1) is 25.9. The molecule has 2 aliphatic rings. The lowest BCUT2D eigenvalue weighted by molar-refractivity contribution is -0.141.